The van der Waals surface area contributed by atoms with Gasteiger partial charge in [-0.1, -0.05) is 23.2 Å². The fourth-order valence-corrected chi connectivity index (χ4v) is 2.57. The van der Waals surface area contributed by atoms with Crippen LogP contribution in [0.1, 0.15) is 17.3 Å². The van der Waals surface area contributed by atoms with Crippen LogP contribution in [0.15, 0.2) is 33.2 Å². The summed E-state index contributed by atoms with van der Waals surface area (Å²) in [5.41, 5.74) is 12.3. The average Bonchev–Trinajstić information content (AvgIpc) is 2.47. The maximum atomic E-state index is 10.5. The van der Waals surface area contributed by atoms with Crippen LogP contribution in [0.2, 0.25) is 10.0 Å². The van der Waals surface area contributed by atoms with Crippen molar-refractivity contribution in [3.8, 4) is 0 Å². The number of hydrogen-bond acceptors (Lipinski definition) is 4. The van der Waals surface area contributed by atoms with Crippen LogP contribution in [0.5, 0.6) is 0 Å². The van der Waals surface area contributed by atoms with Gasteiger partial charge in [-0.3, -0.25) is 0 Å². The third-order valence-corrected chi connectivity index (χ3v) is 5.07. The minimum absolute atomic E-state index is 0. The molecule has 0 spiro atoms. The van der Waals surface area contributed by atoms with E-state index in [0.29, 0.717) is 25.8 Å². The predicted molar refractivity (Wildman–Crippen MR) is 111 cm³/mol. The summed E-state index contributed by atoms with van der Waals surface area (Å²) in [5, 5.41) is 18.4. The van der Waals surface area contributed by atoms with E-state index in [9.17, 15) is 4.79 Å². The summed E-state index contributed by atoms with van der Waals surface area (Å²) >= 11 is 17.7. The van der Waals surface area contributed by atoms with Crippen molar-refractivity contribution >= 4 is 89.8 Å². The van der Waals surface area contributed by atoms with E-state index >= 15 is 0 Å². The van der Waals surface area contributed by atoms with E-state index in [-0.39, 0.29) is 55.5 Å². The van der Waals surface area contributed by atoms with Crippen molar-refractivity contribution < 1.29 is 35.3 Å². The molecule has 0 fully saturated rings. The Labute approximate surface area is 196 Å². The minimum atomic E-state index is -1.06. The molecule has 0 aliphatic carbocycles. The number of carboxylic acids is 1. The first-order chi connectivity index (χ1) is 10.7. The third kappa shape index (κ3) is 8.13. The molecule has 0 heterocycles. The number of aromatic carboxylic acids is 1. The third-order valence-electron chi connectivity index (χ3n) is 2.68. The second kappa shape index (κ2) is 12.5. The Morgan fingerprint density at radius 2 is 1.48 bits per heavy atom. The standard InChI is InChI=1S/C7H5BrClNO2.C7H7BrClNO.Al.Li.4H/c8-4-1-3(7(11)12)6(10)2-5(4)9;8-5-1-4(3-11)7(10)2-6(5)9;;;;;;/h1-2H,10H2,(H,11,12);1-2,11H,3,10H2;;;;;;/q;;;+1;;;;-1. The molecule has 0 aliphatic rings. The second-order valence-electron chi connectivity index (χ2n) is 4.28. The molecule has 0 bridgehead atoms. The summed E-state index contributed by atoms with van der Waals surface area (Å²) in [6.45, 7) is -0.0679. The van der Waals surface area contributed by atoms with Crippen LogP contribution in [-0.2, 0) is 6.61 Å². The Bertz CT molecular complexity index is 761. The van der Waals surface area contributed by atoms with Gasteiger partial charge in [-0.25, -0.2) is 4.79 Å². The van der Waals surface area contributed by atoms with Crippen molar-refractivity contribution in [2.45, 2.75) is 6.61 Å². The average molecular weight is 525 g/mol. The van der Waals surface area contributed by atoms with Crippen LogP contribution < -0.4 is 30.3 Å². The molecule has 0 unspecified atom stereocenters. The molecule has 132 valence electrons. The molecular formula is C14H16AlBr2Cl2LiN2O3. The van der Waals surface area contributed by atoms with Gasteiger partial charge in [0.1, 0.15) is 0 Å². The normalized spacial score (nSPS) is 9.16. The first-order valence-electron chi connectivity index (χ1n) is 5.99. The monoisotopic (exact) mass is 522 g/mol. The fourth-order valence-electron chi connectivity index (χ4n) is 1.49. The van der Waals surface area contributed by atoms with E-state index in [2.05, 4.69) is 31.9 Å². The van der Waals surface area contributed by atoms with Crippen LogP contribution in [0.3, 0.4) is 0 Å². The first-order valence-corrected chi connectivity index (χ1v) is 8.33. The van der Waals surface area contributed by atoms with Gasteiger partial charge in [-0.15, -0.1) is 0 Å². The zero-order chi connectivity index (χ0) is 17.7. The SMILES string of the molecule is Nc1cc(Cl)c(Br)cc1C(=O)O.Nc1cc(Cl)c(Br)cc1CO.[AlH3].[H-].[Li+]. The van der Waals surface area contributed by atoms with Crippen LogP contribution in [-0.4, -0.2) is 33.5 Å². The summed E-state index contributed by atoms with van der Waals surface area (Å²) in [4.78, 5) is 10.5. The summed E-state index contributed by atoms with van der Waals surface area (Å²) in [5.74, 6) is -1.06. The van der Waals surface area contributed by atoms with E-state index in [0.717, 1.165) is 4.47 Å². The molecule has 0 amide bonds. The quantitative estimate of drug-likeness (QED) is 0.338. The molecule has 0 saturated carbocycles. The van der Waals surface area contributed by atoms with Crippen molar-refractivity contribution in [3.05, 3.63) is 54.4 Å². The molecule has 2 aromatic carbocycles. The fraction of sp³-hybridized carbons (Fsp3) is 0.0714. The summed E-state index contributed by atoms with van der Waals surface area (Å²) in [6, 6.07) is 6.09. The number of benzene rings is 2. The number of nitrogens with two attached hydrogens (primary N) is 2. The molecule has 6 N–H and O–H groups in total. The van der Waals surface area contributed by atoms with Gasteiger partial charge in [0, 0.05) is 25.9 Å². The van der Waals surface area contributed by atoms with Gasteiger partial charge in [0.15, 0.2) is 17.4 Å². The van der Waals surface area contributed by atoms with Crippen molar-refractivity contribution in [2.24, 2.45) is 0 Å². The molecule has 2 aromatic rings. The molecule has 0 saturated heterocycles. The zero-order valence-electron chi connectivity index (χ0n) is 13.5. The van der Waals surface area contributed by atoms with Gasteiger partial charge < -0.3 is 23.1 Å². The van der Waals surface area contributed by atoms with E-state index in [1.807, 2.05) is 0 Å². The number of aliphatic hydroxyl groups is 1. The Morgan fingerprint density at radius 3 is 1.92 bits per heavy atom. The maximum absolute atomic E-state index is 10.5. The molecular weight excluding hydrogens is 509 g/mol. The van der Waals surface area contributed by atoms with Crippen molar-refractivity contribution in [2.75, 3.05) is 11.5 Å². The Morgan fingerprint density at radius 1 is 1.04 bits per heavy atom. The van der Waals surface area contributed by atoms with Crippen LogP contribution in [0.4, 0.5) is 11.4 Å². The van der Waals surface area contributed by atoms with Gasteiger partial charge in [0.2, 0.25) is 0 Å². The largest absolute Gasteiger partial charge is 1.00 e. The maximum Gasteiger partial charge on any atom is 1.00 e. The Kier molecular flexibility index (Phi) is 13.7. The Hall–Kier alpha value is 0.140. The molecule has 0 aliphatic heterocycles. The van der Waals surface area contributed by atoms with Gasteiger partial charge in [0.05, 0.1) is 22.2 Å². The summed E-state index contributed by atoms with van der Waals surface area (Å²) in [7, 11) is 0. The minimum Gasteiger partial charge on any atom is -1.00 e. The summed E-state index contributed by atoms with van der Waals surface area (Å²) < 4.78 is 1.27. The Balaban J connectivity index is -0.000000366. The molecule has 0 atom stereocenters. The molecule has 0 aromatic heterocycles. The van der Waals surface area contributed by atoms with Crippen molar-refractivity contribution in [1.82, 2.24) is 0 Å². The molecule has 11 heteroatoms. The number of rotatable bonds is 2. The number of anilines is 2. The number of hydrogen-bond donors (Lipinski definition) is 4. The van der Waals surface area contributed by atoms with Crippen molar-refractivity contribution in [1.29, 1.82) is 0 Å². The zero-order valence-corrected chi connectivity index (χ0v) is 17.2. The van der Waals surface area contributed by atoms with E-state index < -0.39 is 5.97 Å². The number of halogens is 4. The van der Waals surface area contributed by atoms with E-state index in [1.54, 1.807) is 12.1 Å². The van der Waals surface area contributed by atoms with Crippen molar-refractivity contribution in [3.63, 3.8) is 0 Å². The second-order valence-corrected chi connectivity index (χ2v) is 6.81. The first kappa shape index (κ1) is 27.4. The van der Waals surface area contributed by atoms with Gasteiger partial charge in [-0.05, 0) is 56.1 Å². The summed E-state index contributed by atoms with van der Waals surface area (Å²) in [6.07, 6.45) is 0. The van der Waals surface area contributed by atoms with Crippen LogP contribution in [0, 0.1) is 0 Å². The van der Waals surface area contributed by atoms with E-state index in [4.69, 9.17) is 44.9 Å². The smallest absolute Gasteiger partial charge is 1.00 e. The number of nitrogen functional groups attached to an aromatic ring is 2. The molecule has 5 nitrogen and oxygen atoms in total. The van der Waals surface area contributed by atoms with Gasteiger partial charge in [0.25, 0.3) is 0 Å². The van der Waals surface area contributed by atoms with Gasteiger partial charge >= 0.3 is 24.8 Å². The number of carboxylic acid groups (broad SMARTS) is 1. The van der Waals surface area contributed by atoms with Gasteiger partial charge in [-0.2, -0.15) is 0 Å². The van der Waals surface area contributed by atoms with Crippen LogP contribution in [0.25, 0.3) is 0 Å². The van der Waals surface area contributed by atoms with Crippen LogP contribution >= 0.6 is 55.1 Å². The molecule has 2 rings (SSSR count). The number of carbonyl (C=O) groups is 1. The molecule has 0 radical (unpaired) electrons. The number of aliphatic hydroxyl groups excluding tert-OH is 1. The topological polar surface area (TPSA) is 110 Å². The van der Waals surface area contributed by atoms with E-state index in [1.165, 1.54) is 12.1 Å². The predicted octanol–water partition coefficient (Wildman–Crippen LogP) is 0.492. The molecule has 25 heavy (non-hydrogen) atoms.